The Morgan fingerprint density at radius 3 is 2.90 bits per heavy atom. The third-order valence-electron chi connectivity index (χ3n) is 2.68. The summed E-state index contributed by atoms with van der Waals surface area (Å²) in [5, 5.41) is 3.18. The fourth-order valence-electron chi connectivity index (χ4n) is 1.72. The summed E-state index contributed by atoms with van der Waals surface area (Å²) < 4.78 is 0.904. The van der Waals surface area contributed by atoms with E-state index in [0.29, 0.717) is 16.4 Å². The zero-order chi connectivity index (χ0) is 14.1. The molecule has 4 N–H and O–H groups in total. The first kappa shape index (κ1) is 12.4. The molecule has 0 spiro atoms. The number of aromatic nitrogens is 2. The molecular formula is C13H10N4O2S. The van der Waals surface area contributed by atoms with Crippen LogP contribution in [0.4, 0.5) is 10.8 Å². The summed E-state index contributed by atoms with van der Waals surface area (Å²) in [6.07, 6.45) is 1.36. The maximum atomic E-state index is 12.0. The molecular weight excluding hydrogens is 276 g/mol. The van der Waals surface area contributed by atoms with Crippen molar-refractivity contribution in [2.45, 2.75) is 0 Å². The molecule has 0 radical (unpaired) electrons. The maximum absolute atomic E-state index is 12.0. The topological polar surface area (TPSA) is 101 Å². The average molecular weight is 286 g/mol. The fourth-order valence-corrected chi connectivity index (χ4v) is 2.63. The Labute approximate surface area is 117 Å². The fraction of sp³-hybridized carbons (Fsp3) is 0. The highest BCUT2D eigenvalue weighted by Crippen LogP contribution is 2.27. The van der Waals surface area contributed by atoms with Crippen LogP contribution in [0.15, 0.2) is 41.3 Å². The predicted octanol–water partition coefficient (Wildman–Crippen LogP) is 1.82. The number of carbonyl (C=O) groups is 1. The largest absolute Gasteiger partial charge is 0.399 e. The van der Waals surface area contributed by atoms with Crippen LogP contribution in [0.5, 0.6) is 0 Å². The van der Waals surface area contributed by atoms with Crippen molar-refractivity contribution in [1.29, 1.82) is 0 Å². The highest BCUT2D eigenvalue weighted by atomic mass is 32.1. The van der Waals surface area contributed by atoms with E-state index < -0.39 is 0 Å². The van der Waals surface area contributed by atoms with Gasteiger partial charge in [-0.25, -0.2) is 4.98 Å². The second-order valence-electron chi connectivity index (χ2n) is 4.14. The van der Waals surface area contributed by atoms with Crippen LogP contribution in [0, 0.1) is 0 Å². The van der Waals surface area contributed by atoms with Gasteiger partial charge in [-0.15, -0.1) is 0 Å². The van der Waals surface area contributed by atoms with Crippen LogP contribution in [0.2, 0.25) is 0 Å². The Kier molecular flexibility index (Phi) is 2.96. The lowest BCUT2D eigenvalue weighted by Crippen LogP contribution is -2.14. The molecule has 2 aromatic heterocycles. The van der Waals surface area contributed by atoms with E-state index >= 15 is 0 Å². The van der Waals surface area contributed by atoms with Crippen molar-refractivity contribution in [3.63, 3.8) is 0 Å². The van der Waals surface area contributed by atoms with Gasteiger partial charge < -0.3 is 10.7 Å². The Morgan fingerprint density at radius 1 is 1.30 bits per heavy atom. The molecule has 1 aromatic carbocycles. The van der Waals surface area contributed by atoms with E-state index in [0.717, 1.165) is 10.2 Å². The van der Waals surface area contributed by atoms with Gasteiger partial charge in [-0.2, -0.15) is 0 Å². The molecule has 2 heterocycles. The Balaban J connectivity index is 1.87. The van der Waals surface area contributed by atoms with Gasteiger partial charge in [-0.1, -0.05) is 11.3 Å². The van der Waals surface area contributed by atoms with E-state index in [2.05, 4.69) is 15.3 Å². The van der Waals surface area contributed by atoms with Gasteiger partial charge in [0.1, 0.15) is 0 Å². The SMILES string of the molecule is Nc1ccc2nc(NC(=O)c3ccc(=O)[nH]c3)sc2c1. The molecule has 20 heavy (non-hydrogen) atoms. The van der Waals surface area contributed by atoms with E-state index in [9.17, 15) is 9.59 Å². The minimum atomic E-state index is -0.326. The molecule has 3 rings (SSSR count). The van der Waals surface area contributed by atoms with Gasteiger partial charge in [-0.05, 0) is 24.3 Å². The third-order valence-corrected chi connectivity index (χ3v) is 3.61. The molecule has 0 saturated carbocycles. The first-order valence-corrected chi connectivity index (χ1v) is 6.59. The summed E-state index contributed by atoms with van der Waals surface area (Å²) in [5.74, 6) is -0.326. The molecule has 100 valence electrons. The van der Waals surface area contributed by atoms with Crippen molar-refractivity contribution >= 4 is 38.3 Å². The second-order valence-corrected chi connectivity index (χ2v) is 5.17. The number of nitrogens with one attached hydrogen (secondary N) is 2. The number of carbonyl (C=O) groups excluding carboxylic acids is 1. The van der Waals surface area contributed by atoms with Gasteiger partial charge in [0.15, 0.2) is 5.13 Å². The number of thiazole rings is 1. The molecule has 0 aliphatic rings. The van der Waals surface area contributed by atoms with Gasteiger partial charge in [0.25, 0.3) is 5.91 Å². The monoisotopic (exact) mass is 286 g/mol. The molecule has 6 nitrogen and oxygen atoms in total. The minimum Gasteiger partial charge on any atom is -0.399 e. The second kappa shape index (κ2) is 4.78. The number of fused-ring (bicyclic) bond motifs is 1. The van der Waals surface area contributed by atoms with Crippen molar-refractivity contribution in [3.05, 3.63) is 52.4 Å². The molecule has 0 atom stereocenters. The maximum Gasteiger partial charge on any atom is 0.258 e. The van der Waals surface area contributed by atoms with Gasteiger partial charge >= 0.3 is 0 Å². The van der Waals surface area contributed by atoms with Crippen molar-refractivity contribution in [2.75, 3.05) is 11.1 Å². The van der Waals surface area contributed by atoms with Crippen molar-refractivity contribution < 1.29 is 4.79 Å². The van der Waals surface area contributed by atoms with Gasteiger partial charge in [0.2, 0.25) is 5.56 Å². The Morgan fingerprint density at radius 2 is 2.15 bits per heavy atom. The first-order valence-electron chi connectivity index (χ1n) is 5.78. The zero-order valence-electron chi connectivity index (χ0n) is 10.2. The molecule has 0 unspecified atom stereocenters. The molecule has 7 heteroatoms. The highest BCUT2D eigenvalue weighted by Gasteiger charge is 2.10. The molecule has 0 bridgehead atoms. The molecule has 0 fully saturated rings. The average Bonchev–Trinajstić information content (AvgIpc) is 2.80. The summed E-state index contributed by atoms with van der Waals surface area (Å²) in [7, 11) is 0. The smallest absolute Gasteiger partial charge is 0.258 e. The van der Waals surface area contributed by atoms with Crippen LogP contribution < -0.4 is 16.6 Å². The first-order chi connectivity index (χ1) is 9.61. The molecule has 0 saturated heterocycles. The summed E-state index contributed by atoms with van der Waals surface area (Å²) in [4.78, 5) is 29.7. The van der Waals surface area contributed by atoms with E-state index in [4.69, 9.17) is 5.73 Å². The summed E-state index contributed by atoms with van der Waals surface area (Å²) in [6.45, 7) is 0. The quantitative estimate of drug-likeness (QED) is 0.625. The lowest BCUT2D eigenvalue weighted by Gasteiger charge is -1.99. The number of H-pyrrole nitrogens is 1. The minimum absolute atomic E-state index is 0.253. The Bertz CT molecular complexity index is 832. The lowest BCUT2D eigenvalue weighted by atomic mass is 10.3. The van der Waals surface area contributed by atoms with E-state index in [1.165, 1.54) is 29.7 Å². The van der Waals surface area contributed by atoms with E-state index in [-0.39, 0.29) is 11.5 Å². The molecule has 3 aromatic rings. The van der Waals surface area contributed by atoms with Crippen LogP contribution in [-0.2, 0) is 0 Å². The third kappa shape index (κ3) is 2.39. The van der Waals surface area contributed by atoms with E-state index in [1.54, 1.807) is 12.1 Å². The number of benzene rings is 1. The molecule has 0 aliphatic heterocycles. The highest BCUT2D eigenvalue weighted by molar-refractivity contribution is 7.22. The number of amides is 1. The number of pyridine rings is 1. The molecule has 0 aliphatic carbocycles. The number of nitrogen functional groups attached to an aromatic ring is 1. The zero-order valence-corrected chi connectivity index (χ0v) is 11.0. The molecule has 1 amide bonds. The van der Waals surface area contributed by atoms with Gasteiger partial charge in [0, 0.05) is 18.0 Å². The van der Waals surface area contributed by atoms with E-state index in [1.807, 2.05) is 6.07 Å². The van der Waals surface area contributed by atoms with Crippen molar-refractivity contribution in [3.8, 4) is 0 Å². The van der Waals surface area contributed by atoms with Crippen molar-refractivity contribution in [1.82, 2.24) is 9.97 Å². The van der Waals surface area contributed by atoms with Crippen molar-refractivity contribution in [2.24, 2.45) is 0 Å². The summed E-state index contributed by atoms with van der Waals surface area (Å²) >= 11 is 1.34. The summed E-state index contributed by atoms with van der Waals surface area (Å²) in [5.41, 5.74) is 7.24. The van der Waals surface area contributed by atoms with Crippen LogP contribution in [0.3, 0.4) is 0 Å². The number of aromatic amines is 1. The van der Waals surface area contributed by atoms with Gasteiger partial charge in [0.05, 0.1) is 15.8 Å². The number of nitrogens with zero attached hydrogens (tertiary/aromatic N) is 1. The van der Waals surface area contributed by atoms with Crippen LogP contribution in [-0.4, -0.2) is 15.9 Å². The van der Waals surface area contributed by atoms with Crippen LogP contribution in [0.1, 0.15) is 10.4 Å². The lowest BCUT2D eigenvalue weighted by molar-refractivity contribution is 0.102. The number of nitrogens with two attached hydrogens (primary N) is 1. The normalized spacial score (nSPS) is 10.6. The number of hydrogen-bond donors (Lipinski definition) is 3. The number of rotatable bonds is 2. The Hall–Kier alpha value is -2.67. The number of hydrogen-bond acceptors (Lipinski definition) is 5. The van der Waals surface area contributed by atoms with Crippen LogP contribution in [0.25, 0.3) is 10.2 Å². The standard InChI is InChI=1S/C13H10N4O2S/c14-8-2-3-9-10(5-8)20-13(16-9)17-12(19)7-1-4-11(18)15-6-7/h1-6H,14H2,(H,15,18)(H,16,17,19). The van der Waals surface area contributed by atoms with Gasteiger partial charge in [-0.3, -0.25) is 14.9 Å². The number of anilines is 2. The van der Waals surface area contributed by atoms with Crippen LogP contribution >= 0.6 is 11.3 Å². The predicted molar refractivity (Wildman–Crippen MR) is 79.0 cm³/mol. The summed E-state index contributed by atoms with van der Waals surface area (Å²) in [6, 6.07) is 8.13.